The molecule has 5 aliphatic rings. The lowest BCUT2D eigenvalue weighted by molar-refractivity contribution is 0.609. The van der Waals surface area contributed by atoms with Crippen LogP contribution in [0.2, 0.25) is 0 Å². The summed E-state index contributed by atoms with van der Waals surface area (Å²) in [6, 6.07) is 60.8. The predicted octanol–water partition coefficient (Wildman–Crippen LogP) is 18.6. The third kappa shape index (κ3) is 5.58. The van der Waals surface area contributed by atoms with E-state index in [-0.39, 0.29) is 21.7 Å². The van der Waals surface area contributed by atoms with Gasteiger partial charge in [-0.15, -0.1) is 0 Å². The Hall–Kier alpha value is -7.22. The number of rotatable bonds is 4. The Morgan fingerprint density at radius 3 is 1.56 bits per heavy atom. The number of allylic oxidation sites excluding steroid dienone is 3. The molecule has 0 aliphatic heterocycles. The molecule has 1 atom stereocenters. The van der Waals surface area contributed by atoms with Crippen LogP contribution in [0, 0.1) is 13.8 Å². The van der Waals surface area contributed by atoms with Crippen molar-refractivity contribution in [3.05, 3.63) is 237 Å². The van der Waals surface area contributed by atoms with Crippen molar-refractivity contribution >= 4 is 32.9 Å². The Morgan fingerprint density at radius 2 is 0.915 bits per heavy atom. The Bertz CT molecular complexity index is 3920. The van der Waals surface area contributed by atoms with Crippen molar-refractivity contribution in [1.29, 1.82) is 0 Å². The summed E-state index contributed by atoms with van der Waals surface area (Å²) >= 11 is 0. The van der Waals surface area contributed by atoms with Gasteiger partial charge in [-0.2, -0.15) is 0 Å². The fourth-order valence-electron chi connectivity index (χ4n) is 14.6. The lowest BCUT2D eigenvalue weighted by Gasteiger charge is -2.34. The molecule has 1 heteroatoms. The van der Waals surface area contributed by atoms with Crippen LogP contribution in [0.25, 0.3) is 66.1 Å². The van der Waals surface area contributed by atoms with Gasteiger partial charge in [0.15, 0.2) is 0 Å². The van der Waals surface area contributed by atoms with Gasteiger partial charge in [0.25, 0.3) is 0 Å². The molecule has 0 amide bonds. The van der Waals surface area contributed by atoms with Crippen molar-refractivity contribution in [2.24, 2.45) is 0 Å². The Morgan fingerprint density at radius 1 is 0.408 bits per heavy atom. The van der Waals surface area contributed by atoms with E-state index in [1.807, 2.05) is 0 Å². The van der Waals surface area contributed by atoms with E-state index in [0.717, 1.165) is 6.42 Å². The number of hydrogen-bond acceptors (Lipinski definition) is 1. The van der Waals surface area contributed by atoms with Crippen LogP contribution in [0.1, 0.15) is 123 Å². The van der Waals surface area contributed by atoms with E-state index in [2.05, 4.69) is 244 Å². The third-order valence-corrected chi connectivity index (χ3v) is 18.5. The van der Waals surface area contributed by atoms with Gasteiger partial charge in [-0.25, -0.2) is 0 Å². The fourth-order valence-corrected chi connectivity index (χ4v) is 14.6. The molecule has 0 saturated heterocycles. The quantitative estimate of drug-likeness (QED) is 0.170. The molecule has 5 aliphatic carbocycles. The molecule has 9 aromatic carbocycles. The van der Waals surface area contributed by atoms with E-state index < -0.39 is 0 Å². The van der Waals surface area contributed by atoms with Gasteiger partial charge >= 0.3 is 0 Å². The third-order valence-electron chi connectivity index (χ3n) is 18.5. The summed E-state index contributed by atoms with van der Waals surface area (Å²) in [5.41, 5.74) is 29.7. The molecule has 0 spiro atoms. The van der Waals surface area contributed by atoms with Crippen molar-refractivity contribution in [1.82, 2.24) is 0 Å². The number of hydrogen-bond donors (Lipinski definition) is 0. The van der Waals surface area contributed by atoms with Gasteiger partial charge in [0.1, 0.15) is 0 Å². The molecule has 1 nitrogen and oxygen atoms in total. The summed E-state index contributed by atoms with van der Waals surface area (Å²) in [5.74, 6) is 0.323. The largest absolute Gasteiger partial charge is 0.310 e. The summed E-state index contributed by atoms with van der Waals surface area (Å²) < 4.78 is 0. The molecule has 0 fully saturated rings. The second-order valence-electron chi connectivity index (χ2n) is 23.7. The maximum absolute atomic E-state index is 2.63. The van der Waals surface area contributed by atoms with Crippen LogP contribution in [0.4, 0.5) is 11.4 Å². The molecule has 0 bridgehead atoms. The smallest absolute Gasteiger partial charge is 0.0539 e. The van der Waals surface area contributed by atoms with Gasteiger partial charge < -0.3 is 4.90 Å². The number of nitrogens with zero attached hydrogens (tertiary/aromatic N) is 1. The standard InChI is InChI=1S/C70H61N/c1-40-32-62-65(50-25-16-14-22-45(40)50)54-38-58-52(36-60(54)69(62,7)8)48-30-28-43(34-56(48)67(58,3)4)71(64-27-19-18-24-47(64)42-20-12-11-13-21-42)44-29-31-49-53-37-61-55(39-59(53)68(5,6)57(49)35-44)66-51-26-17-15-23-46(51)41(2)33-63(66)70(61,9)10/h11-30,32-39,49H,31H2,1-10H3. The summed E-state index contributed by atoms with van der Waals surface area (Å²) in [6.07, 6.45) is 6.09. The minimum absolute atomic E-state index is 0.0893. The highest BCUT2D eigenvalue weighted by Gasteiger charge is 2.47. The number of aryl methyl sites for hydroxylation is 2. The molecule has 0 N–H and O–H groups in total. The maximum Gasteiger partial charge on any atom is 0.0539 e. The maximum atomic E-state index is 2.63. The van der Waals surface area contributed by atoms with Crippen LogP contribution in [0.3, 0.4) is 0 Å². The van der Waals surface area contributed by atoms with Crippen molar-refractivity contribution in [2.75, 3.05) is 4.90 Å². The molecule has 9 aromatic rings. The topological polar surface area (TPSA) is 3.24 Å². The zero-order valence-electron chi connectivity index (χ0n) is 42.9. The van der Waals surface area contributed by atoms with E-state index in [1.165, 1.54) is 144 Å². The highest BCUT2D eigenvalue weighted by Crippen LogP contribution is 2.62. The van der Waals surface area contributed by atoms with E-state index in [1.54, 1.807) is 0 Å². The summed E-state index contributed by atoms with van der Waals surface area (Å²) in [6.45, 7) is 24.2. The normalized spacial score (nSPS) is 18.4. The SMILES string of the molecule is Cc1cc2c(c3ccccc13)-c1cc3c(cc1C2(C)C)-c1ccc(N(C2=CCC4C(=C2)C(C)(C)c2cc5c(cc24)C(C)(C)c2cc(C)c4ccccc4c2-5)c2ccccc2-c2ccccc2)cc1C3(C)C. The molecule has 0 radical (unpaired) electrons. The fraction of sp³-hybridized carbons (Fsp3) is 0.229. The lowest BCUT2D eigenvalue weighted by Crippen LogP contribution is -2.23. The molecule has 1 unspecified atom stereocenters. The Kier molecular flexibility index (Phi) is 8.54. The van der Waals surface area contributed by atoms with Crippen molar-refractivity contribution < 1.29 is 0 Å². The Labute approximate surface area is 420 Å². The minimum Gasteiger partial charge on any atom is -0.310 e. The average molecular weight is 916 g/mol. The first kappa shape index (κ1) is 42.6. The van der Waals surface area contributed by atoms with E-state index in [0.29, 0.717) is 5.92 Å². The molecule has 0 heterocycles. The lowest BCUT2D eigenvalue weighted by atomic mass is 9.78. The first-order chi connectivity index (χ1) is 34.1. The van der Waals surface area contributed by atoms with Crippen LogP contribution < -0.4 is 4.90 Å². The van der Waals surface area contributed by atoms with Crippen molar-refractivity contribution in [3.63, 3.8) is 0 Å². The Balaban J connectivity index is 0.917. The van der Waals surface area contributed by atoms with Crippen LogP contribution >= 0.6 is 0 Å². The van der Waals surface area contributed by atoms with Gasteiger partial charge in [-0.05, 0) is 179 Å². The van der Waals surface area contributed by atoms with Gasteiger partial charge in [-0.1, -0.05) is 188 Å². The van der Waals surface area contributed by atoms with Gasteiger partial charge in [0, 0.05) is 44.5 Å². The van der Waals surface area contributed by atoms with Crippen LogP contribution in [-0.4, -0.2) is 0 Å². The first-order valence-corrected chi connectivity index (χ1v) is 26.0. The molecule has 0 saturated carbocycles. The summed E-state index contributed by atoms with van der Waals surface area (Å²) in [4.78, 5) is 2.59. The van der Waals surface area contributed by atoms with E-state index >= 15 is 0 Å². The van der Waals surface area contributed by atoms with Crippen LogP contribution in [0.5, 0.6) is 0 Å². The first-order valence-electron chi connectivity index (χ1n) is 26.0. The van der Waals surface area contributed by atoms with Crippen molar-refractivity contribution in [3.8, 4) is 44.5 Å². The van der Waals surface area contributed by atoms with Gasteiger partial charge in [0.05, 0.1) is 5.69 Å². The average Bonchev–Trinajstić information content (AvgIpc) is 3.93. The van der Waals surface area contributed by atoms with Crippen LogP contribution in [-0.2, 0) is 21.7 Å². The molecule has 0 aromatic heterocycles. The number of para-hydroxylation sites is 1. The second-order valence-corrected chi connectivity index (χ2v) is 23.7. The highest BCUT2D eigenvalue weighted by molar-refractivity contribution is 6.06. The molecular formula is C70H61N. The monoisotopic (exact) mass is 915 g/mol. The molecule has 346 valence electrons. The number of fused-ring (bicyclic) bond motifs is 16. The number of benzene rings is 9. The van der Waals surface area contributed by atoms with Gasteiger partial charge in [0.2, 0.25) is 0 Å². The van der Waals surface area contributed by atoms with E-state index in [9.17, 15) is 0 Å². The van der Waals surface area contributed by atoms with E-state index in [4.69, 9.17) is 0 Å². The predicted molar refractivity (Wildman–Crippen MR) is 301 cm³/mol. The molecule has 14 rings (SSSR count). The zero-order valence-corrected chi connectivity index (χ0v) is 42.9. The van der Waals surface area contributed by atoms with Crippen molar-refractivity contribution in [2.45, 2.75) is 103 Å². The van der Waals surface area contributed by atoms with Crippen LogP contribution in [0.15, 0.2) is 181 Å². The minimum atomic E-state index is -0.218. The zero-order chi connectivity index (χ0) is 48.7. The highest BCUT2D eigenvalue weighted by atomic mass is 15.2. The molecule has 71 heavy (non-hydrogen) atoms. The molecular weight excluding hydrogens is 855 g/mol. The van der Waals surface area contributed by atoms with Gasteiger partial charge in [-0.3, -0.25) is 0 Å². The summed E-state index contributed by atoms with van der Waals surface area (Å²) in [5, 5.41) is 5.45. The number of anilines is 2. The summed E-state index contributed by atoms with van der Waals surface area (Å²) in [7, 11) is 0. The second kappa shape index (κ2) is 14.2.